The van der Waals surface area contributed by atoms with Crippen molar-refractivity contribution in [3.05, 3.63) is 64.4 Å². The first-order valence-electron chi connectivity index (χ1n) is 7.54. The maximum Gasteiger partial charge on any atom is 0.156 e. The molecule has 0 N–H and O–H groups in total. The molecule has 2 aromatic carbocycles. The maximum absolute atomic E-state index is 6.30. The third-order valence-electron chi connectivity index (χ3n) is 4.41. The molecule has 4 aromatic rings. The molecule has 3 nitrogen and oxygen atoms in total. The average Bonchev–Trinajstić information content (AvgIpc) is 2.96. The summed E-state index contributed by atoms with van der Waals surface area (Å²) < 4.78 is 2.15. The maximum atomic E-state index is 6.30. The number of nitrogens with zero attached hydrogens (tertiary/aromatic N) is 3. The van der Waals surface area contributed by atoms with Gasteiger partial charge in [0.15, 0.2) is 5.65 Å². The quantitative estimate of drug-likeness (QED) is 0.486. The van der Waals surface area contributed by atoms with Crippen LogP contribution in [-0.4, -0.2) is 14.4 Å². The number of rotatable bonds is 1. The Kier molecular flexibility index (Phi) is 3.13. The molecule has 0 radical (unpaired) electrons. The molecule has 0 bridgehead atoms. The number of aryl methyl sites for hydroxylation is 3. The number of halogens is 1. The van der Waals surface area contributed by atoms with Gasteiger partial charge in [0.1, 0.15) is 0 Å². The summed E-state index contributed by atoms with van der Waals surface area (Å²) in [6.07, 6.45) is 3.70. The van der Waals surface area contributed by atoms with Crippen LogP contribution in [0.15, 0.2) is 42.7 Å². The molecule has 0 saturated carbocycles. The molecule has 2 aromatic heterocycles. The molecule has 23 heavy (non-hydrogen) atoms. The van der Waals surface area contributed by atoms with Gasteiger partial charge in [-0.15, -0.1) is 0 Å². The molecular formula is C19H16ClN3. The Balaban J connectivity index is 2.09. The van der Waals surface area contributed by atoms with Crippen LogP contribution in [0, 0.1) is 20.8 Å². The first-order valence-corrected chi connectivity index (χ1v) is 7.92. The standard InChI is InChI=1S/C19H16ClN3/c1-11-4-5-14(8-15(11)20)18-9-22-19-10-21-16-6-12(2)13(3)7-17(16)23(18)19/h4-10H,1-3H3. The van der Waals surface area contributed by atoms with E-state index in [1.165, 1.54) is 11.1 Å². The summed E-state index contributed by atoms with van der Waals surface area (Å²) in [6.45, 7) is 6.23. The molecular weight excluding hydrogens is 306 g/mol. The van der Waals surface area contributed by atoms with E-state index in [0.29, 0.717) is 0 Å². The van der Waals surface area contributed by atoms with E-state index in [1.807, 2.05) is 31.5 Å². The summed E-state index contributed by atoms with van der Waals surface area (Å²) in [5.41, 5.74) is 8.51. The topological polar surface area (TPSA) is 30.2 Å². The lowest BCUT2D eigenvalue weighted by molar-refractivity contribution is 1.20. The Morgan fingerprint density at radius 2 is 1.65 bits per heavy atom. The van der Waals surface area contributed by atoms with Crippen molar-refractivity contribution in [2.75, 3.05) is 0 Å². The van der Waals surface area contributed by atoms with Crippen molar-refractivity contribution in [3.8, 4) is 11.3 Å². The minimum absolute atomic E-state index is 0.767. The molecule has 0 fully saturated rings. The van der Waals surface area contributed by atoms with E-state index < -0.39 is 0 Å². The number of hydrogen-bond donors (Lipinski definition) is 0. The fraction of sp³-hybridized carbons (Fsp3) is 0.158. The van der Waals surface area contributed by atoms with Crippen LogP contribution in [0.1, 0.15) is 16.7 Å². The first kappa shape index (κ1) is 14.2. The highest BCUT2D eigenvalue weighted by molar-refractivity contribution is 6.31. The van der Waals surface area contributed by atoms with Crippen LogP contribution in [0.25, 0.3) is 27.9 Å². The molecule has 0 atom stereocenters. The highest BCUT2D eigenvalue weighted by Crippen LogP contribution is 2.29. The van der Waals surface area contributed by atoms with Gasteiger partial charge in [-0.25, -0.2) is 4.98 Å². The lowest BCUT2D eigenvalue weighted by atomic mass is 10.1. The van der Waals surface area contributed by atoms with Crippen molar-refractivity contribution in [2.24, 2.45) is 0 Å². The Labute approximate surface area is 139 Å². The second-order valence-corrected chi connectivity index (χ2v) is 6.39. The van der Waals surface area contributed by atoms with Gasteiger partial charge in [-0.05, 0) is 55.7 Å². The number of fused-ring (bicyclic) bond motifs is 3. The van der Waals surface area contributed by atoms with Crippen LogP contribution >= 0.6 is 11.6 Å². The van der Waals surface area contributed by atoms with Gasteiger partial charge in [0, 0.05) is 10.6 Å². The van der Waals surface area contributed by atoms with E-state index in [0.717, 1.165) is 38.5 Å². The second-order valence-electron chi connectivity index (χ2n) is 5.98. The van der Waals surface area contributed by atoms with Gasteiger partial charge in [0.2, 0.25) is 0 Å². The van der Waals surface area contributed by atoms with E-state index in [4.69, 9.17) is 11.6 Å². The zero-order chi connectivity index (χ0) is 16.1. The third kappa shape index (κ3) is 2.20. The Bertz CT molecular complexity index is 1060. The van der Waals surface area contributed by atoms with E-state index in [9.17, 15) is 0 Å². The highest BCUT2D eigenvalue weighted by Gasteiger charge is 2.11. The lowest BCUT2D eigenvalue weighted by Crippen LogP contribution is -1.95. The highest BCUT2D eigenvalue weighted by atomic mass is 35.5. The smallest absolute Gasteiger partial charge is 0.156 e. The van der Waals surface area contributed by atoms with E-state index in [1.54, 1.807) is 0 Å². The van der Waals surface area contributed by atoms with Crippen LogP contribution in [-0.2, 0) is 0 Å². The number of hydrogen-bond acceptors (Lipinski definition) is 2. The molecule has 0 spiro atoms. The average molecular weight is 322 g/mol. The molecule has 4 rings (SSSR count). The summed E-state index contributed by atoms with van der Waals surface area (Å²) in [6, 6.07) is 10.4. The Morgan fingerprint density at radius 3 is 2.43 bits per heavy atom. The Hall–Kier alpha value is -2.39. The van der Waals surface area contributed by atoms with E-state index in [2.05, 4.69) is 46.4 Å². The van der Waals surface area contributed by atoms with Crippen molar-refractivity contribution in [3.63, 3.8) is 0 Å². The number of benzene rings is 2. The lowest BCUT2D eigenvalue weighted by Gasteiger charge is -2.09. The molecule has 0 aliphatic carbocycles. The van der Waals surface area contributed by atoms with Crippen molar-refractivity contribution >= 4 is 28.3 Å². The van der Waals surface area contributed by atoms with Gasteiger partial charge < -0.3 is 0 Å². The fourth-order valence-electron chi connectivity index (χ4n) is 2.86. The zero-order valence-corrected chi connectivity index (χ0v) is 14.0. The summed E-state index contributed by atoms with van der Waals surface area (Å²) in [7, 11) is 0. The Morgan fingerprint density at radius 1 is 0.870 bits per heavy atom. The van der Waals surface area contributed by atoms with Gasteiger partial charge in [0.05, 0.1) is 29.1 Å². The molecule has 2 heterocycles. The molecule has 0 amide bonds. The van der Waals surface area contributed by atoms with Crippen LogP contribution in [0.5, 0.6) is 0 Å². The molecule has 0 unspecified atom stereocenters. The molecule has 4 heteroatoms. The van der Waals surface area contributed by atoms with E-state index in [-0.39, 0.29) is 0 Å². The van der Waals surface area contributed by atoms with Gasteiger partial charge in [-0.2, -0.15) is 0 Å². The van der Waals surface area contributed by atoms with Crippen LogP contribution in [0.4, 0.5) is 0 Å². The largest absolute Gasteiger partial charge is 0.289 e. The van der Waals surface area contributed by atoms with Gasteiger partial charge in [0.25, 0.3) is 0 Å². The minimum atomic E-state index is 0.767. The number of aromatic nitrogens is 3. The van der Waals surface area contributed by atoms with E-state index >= 15 is 0 Å². The monoisotopic (exact) mass is 321 g/mol. The summed E-state index contributed by atoms with van der Waals surface area (Å²) in [4.78, 5) is 9.05. The normalized spacial score (nSPS) is 11.5. The summed E-state index contributed by atoms with van der Waals surface area (Å²) >= 11 is 6.30. The van der Waals surface area contributed by atoms with Crippen molar-refractivity contribution < 1.29 is 0 Å². The predicted octanol–water partition coefficient (Wildman–Crippen LogP) is 5.13. The summed E-state index contributed by atoms with van der Waals surface area (Å²) in [5, 5.41) is 0.767. The SMILES string of the molecule is Cc1cc2ncc3ncc(-c4ccc(C)c(Cl)c4)n3c2cc1C. The van der Waals surface area contributed by atoms with Crippen LogP contribution in [0.2, 0.25) is 5.02 Å². The van der Waals surface area contributed by atoms with Gasteiger partial charge in [-0.3, -0.25) is 9.38 Å². The van der Waals surface area contributed by atoms with Crippen LogP contribution < -0.4 is 0 Å². The van der Waals surface area contributed by atoms with Gasteiger partial charge >= 0.3 is 0 Å². The zero-order valence-electron chi connectivity index (χ0n) is 13.3. The minimum Gasteiger partial charge on any atom is -0.289 e. The number of imidazole rings is 1. The second kappa shape index (κ2) is 5.07. The van der Waals surface area contributed by atoms with Crippen LogP contribution in [0.3, 0.4) is 0 Å². The predicted molar refractivity (Wildman–Crippen MR) is 95.2 cm³/mol. The summed E-state index contributed by atoms with van der Waals surface area (Å²) in [5.74, 6) is 0. The molecule has 114 valence electrons. The van der Waals surface area contributed by atoms with Gasteiger partial charge in [-0.1, -0.05) is 23.7 Å². The fourth-order valence-corrected chi connectivity index (χ4v) is 3.04. The van der Waals surface area contributed by atoms with Crippen molar-refractivity contribution in [1.82, 2.24) is 14.4 Å². The molecule has 0 aliphatic rings. The van der Waals surface area contributed by atoms with Crippen molar-refractivity contribution in [2.45, 2.75) is 20.8 Å². The molecule has 0 saturated heterocycles. The van der Waals surface area contributed by atoms with Crippen molar-refractivity contribution in [1.29, 1.82) is 0 Å². The molecule has 0 aliphatic heterocycles. The first-order chi connectivity index (χ1) is 11.0. The third-order valence-corrected chi connectivity index (χ3v) is 4.81.